The van der Waals surface area contributed by atoms with Gasteiger partial charge in [0.1, 0.15) is 18.2 Å². The Morgan fingerprint density at radius 2 is 2.00 bits per heavy atom. The van der Waals surface area contributed by atoms with Crippen molar-refractivity contribution in [3.05, 3.63) is 64.1 Å². The normalized spacial score (nSPS) is 11.2. The summed E-state index contributed by atoms with van der Waals surface area (Å²) >= 11 is 3.24. The van der Waals surface area contributed by atoms with Crippen molar-refractivity contribution in [2.75, 3.05) is 0 Å². The van der Waals surface area contributed by atoms with Crippen LogP contribution in [0.2, 0.25) is 0 Å². The lowest BCUT2D eigenvalue weighted by Gasteiger charge is -2.09. The second-order valence-corrected chi connectivity index (χ2v) is 5.41. The molecular weight excluding hydrogens is 323 g/mol. The van der Waals surface area contributed by atoms with Crippen LogP contribution in [0.4, 0.5) is 4.39 Å². The molecular formula is C15H12BrFN2O. The predicted molar refractivity (Wildman–Crippen MR) is 78.9 cm³/mol. The van der Waals surface area contributed by atoms with Crippen molar-refractivity contribution in [1.82, 2.24) is 9.55 Å². The fraction of sp³-hybridized carbons (Fsp3) is 0.133. The van der Waals surface area contributed by atoms with E-state index in [1.807, 2.05) is 28.8 Å². The molecule has 0 bridgehead atoms. The van der Waals surface area contributed by atoms with Gasteiger partial charge in [0.15, 0.2) is 0 Å². The van der Waals surface area contributed by atoms with E-state index in [1.165, 1.54) is 6.07 Å². The quantitative estimate of drug-likeness (QED) is 0.796. The van der Waals surface area contributed by atoms with Gasteiger partial charge in [0.25, 0.3) is 0 Å². The Morgan fingerprint density at radius 1 is 1.20 bits per heavy atom. The van der Waals surface area contributed by atoms with Crippen LogP contribution in [0.1, 0.15) is 11.4 Å². The number of aliphatic hydroxyl groups is 1. The number of nitrogens with zero attached hydrogens (tertiary/aromatic N) is 2. The van der Waals surface area contributed by atoms with Crippen LogP contribution < -0.4 is 0 Å². The minimum atomic E-state index is -0.277. The number of aliphatic hydroxyl groups excluding tert-OH is 1. The summed E-state index contributed by atoms with van der Waals surface area (Å²) in [6.07, 6.45) is 0. The zero-order chi connectivity index (χ0) is 14.1. The molecule has 2 aromatic carbocycles. The Labute approximate surface area is 123 Å². The van der Waals surface area contributed by atoms with Crippen molar-refractivity contribution in [2.45, 2.75) is 13.2 Å². The van der Waals surface area contributed by atoms with Gasteiger partial charge in [-0.15, -0.1) is 0 Å². The molecule has 3 rings (SSSR count). The number of rotatable bonds is 3. The minimum Gasteiger partial charge on any atom is -0.388 e. The molecule has 0 spiro atoms. The molecule has 1 aromatic heterocycles. The Balaban J connectivity index is 2.09. The van der Waals surface area contributed by atoms with Crippen molar-refractivity contribution in [2.24, 2.45) is 0 Å². The Kier molecular flexibility index (Phi) is 3.54. The maximum absolute atomic E-state index is 14.0. The number of aromatic nitrogens is 2. The molecule has 0 fully saturated rings. The third-order valence-electron chi connectivity index (χ3n) is 3.22. The van der Waals surface area contributed by atoms with E-state index < -0.39 is 0 Å². The minimum absolute atomic E-state index is 0.174. The first kappa shape index (κ1) is 13.3. The van der Waals surface area contributed by atoms with Crippen molar-refractivity contribution >= 4 is 27.0 Å². The van der Waals surface area contributed by atoms with Crippen LogP contribution in [-0.4, -0.2) is 14.7 Å². The first-order chi connectivity index (χ1) is 9.69. The standard InChI is InChI=1S/C15H12BrFN2O/c16-11-6-5-10(12(17)7-11)8-19-14-4-2-1-3-13(14)18-15(19)9-20/h1-7,20H,8-9H2. The van der Waals surface area contributed by atoms with E-state index in [0.717, 1.165) is 11.0 Å². The molecule has 0 amide bonds. The zero-order valence-electron chi connectivity index (χ0n) is 10.6. The number of benzene rings is 2. The lowest BCUT2D eigenvalue weighted by molar-refractivity contribution is 0.267. The highest BCUT2D eigenvalue weighted by molar-refractivity contribution is 9.10. The molecule has 5 heteroatoms. The topological polar surface area (TPSA) is 38.1 Å². The van der Waals surface area contributed by atoms with Gasteiger partial charge in [0.2, 0.25) is 0 Å². The summed E-state index contributed by atoms with van der Waals surface area (Å²) < 4.78 is 16.5. The van der Waals surface area contributed by atoms with Crippen molar-refractivity contribution in [3.63, 3.8) is 0 Å². The van der Waals surface area contributed by atoms with Crippen LogP contribution in [0.15, 0.2) is 46.9 Å². The van der Waals surface area contributed by atoms with E-state index in [9.17, 15) is 9.50 Å². The molecule has 0 saturated heterocycles. The summed E-state index contributed by atoms with van der Waals surface area (Å²) in [6.45, 7) is 0.169. The van der Waals surface area contributed by atoms with Gasteiger partial charge >= 0.3 is 0 Å². The van der Waals surface area contributed by atoms with E-state index in [1.54, 1.807) is 12.1 Å². The first-order valence-corrected chi connectivity index (χ1v) is 6.97. The third-order valence-corrected chi connectivity index (χ3v) is 3.71. The van der Waals surface area contributed by atoms with Crippen LogP contribution >= 0.6 is 15.9 Å². The lowest BCUT2D eigenvalue weighted by atomic mass is 10.2. The molecule has 102 valence electrons. The van der Waals surface area contributed by atoms with Crippen LogP contribution in [0.3, 0.4) is 0 Å². The molecule has 0 aliphatic carbocycles. The van der Waals surface area contributed by atoms with Crippen molar-refractivity contribution < 1.29 is 9.50 Å². The number of para-hydroxylation sites is 2. The molecule has 3 aromatic rings. The molecule has 1 N–H and O–H groups in total. The van der Waals surface area contributed by atoms with Gasteiger partial charge in [-0.3, -0.25) is 0 Å². The van der Waals surface area contributed by atoms with Crippen LogP contribution in [0.25, 0.3) is 11.0 Å². The summed E-state index contributed by atoms with van der Waals surface area (Å²) in [4.78, 5) is 4.36. The summed E-state index contributed by atoms with van der Waals surface area (Å²) in [7, 11) is 0. The SMILES string of the molecule is OCc1nc2ccccc2n1Cc1ccc(Br)cc1F. The maximum atomic E-state index is 14.0. The van der Waals surface area contributed by atoms with Crippen LogP contribution in [0.5, 0.6) is 0 Å². The number of hydrogen-bond acceptors (Lipinski definition) is 2. The zero-order valence-corrected chi connectivity index (χ0v) is 12.1. The summed E-state index contributed by atoms with van der Waals surface area (Å²) in [5.74, 6) is 0.259. The average molecular weight is 335 g/mol. The molecule has 1 heterocycles. The molecule has 0 unspecified atom stereocenters. The highest BCUT2D eigenvalue weighted by Gasteiger charge is 2.12. The number of halogens is 2. The average Bonchev–Trinajstić information content (AvgIpc) is 2.80. The molecule has 0 aliphatic heterocycles. The van der Waals surface area contributed by atoms with Gasteiger partial charge in [-0.1, -0.05) is 34.1 Å². The number of imidazole rings is 1. The molecule has 0 aliphatic rings. The molecule has 3 nitrogen and oxygen atoms in total. The molecule has 0 atom stereocenters. The smallest absolute Gasteiger partial charge is 0.136 e. The second kappa shape index (κ2) is 5.34. The Bertz CT molecular complexity index is 770. The van der Waals surface area contributed by atoms with E-state index in [4.69, 9.17) is 0 Å². The summed E-state index contributed by atoms with van der Waals surface area (Å²) in [6, 6.07) is 12.6. The van der Waals surface area contributed by atoms with Crippen LogP contribution in [-0.2, 0) is 13.2 Å². The number of fused-ring (bicyclic) bond motifs is 1. The third kappa shape index (κ3) is 2.34. The first-order valence-electron chi connectivity index (χ1n) is 6.18. The highest BCUT2D eigenvalue weighted by atomic mass is 79.9. The molecule has 0 saturated carbocycles. The highest BCUT2D eigenvalue weighted by Crippen LogP contribution is 2.21. The van der Waals surface area contributed by atoms with Gasteiger partial charge in [-0.05, 0) is 24.3 Å². The molecule has 0 radical (unpaired) electrons. The van der Waals surface area contributed by atoms with Gasteiger partial charge < -0.3 is 9.67 Å². The van der Waals surface area contributed by atoms with E-state index >= 15 is 0 Å². The maximum Gasteiger partial charge on any atom is 0.136 e. The fourth-order valence-corrected chi connectivity index (χ4v) is 2.58. The second-order valence-electron chi connectivity index (χ2n) is 4.50. The Morgan fingerprint density at radius 3 is 2.75 bits per heavy atom. The Hall–Kier alpha value is -1.72. The van der Waals surface area contributed by atoms with Crippen molar-refractivity contribution in [1.29, 1.82) is 0 Å². The predicted octanol–water partition coefficient (Wildman–Crippen LogP) is 3.48. The summed E-state index contributed by atoms with van der Waals surface area (Å²) in [5.41, 5.74) is 2.25. The van der Waals surface area contributed by atoms with E-state index in [0.29, 0.717) is 22.4 Å². The lowest BCUT2D eigenvalue weighted by Crippen LogP contribution is -2.06. The number of hydrogen-bond donors (Lipinski definition) is 1. The van der Waals surface area contributed by atoms with Gasteiger partial charge in [-0.2, -0.15) is 0 Å². The molecule has 20 heavy (non-hydrogen) atoms. The van der Waals surface area contributed by atoms with Crippen LogP contribution in [0, 0.1) is 5.82 Å². The van der Waals surface area contributed by atoms with E-state index in [2.05, 4.69) is 20.9 Å². The van der Waals surface area contributed by atoms with Gasteiger partial charge in [0.05, 0.1) is 17.6 Å². The monoisotopic (exact) mass is 334 g/mol. The largest absolute Gasteiger partial charge is 0.388 e. The summed E-state index contributed by atoms with van der Waals surface area (Å²) in [5, 5.41) is 9.43. The van der Waals surface area contributed by atoms with Gasteiger partial charge in [0, 0.05) is 10.0 Å². The van der Waals surface area contributed by atoms with E-state index in [-0.39, 0.29) is 12.4 Å². The fourth-order valence-electron chi connectivity index (χ4n) is 2.24. The van der Waals surface area contributed by atoms with Gasteiger partial charge in [-0.25, -0.2) is 9.37 Å². The van der Waals surface area contributed by atoms with Crippen molar-refractivity contribution in [3.8, 4) is 0 Å².